The summed E-state index contributed by atoms with van der Waals surface area (Å²) in [5, 5.41) is 13.1. The number of carbonyl (C=O) groups is 1. The van der Waals surface area contributed by atoms with E-state index in [9.17, 15) is 4.79 Å². The lowest BCUT2D eigenvalue weighted by Crippen LogP contribution is -2.36. The molecule has 0 bridgehead atoms. The molecule has 2 heterocycles. The van der Waals surface area contributed by atoms with Crippen LogP contribution in [0.15, 0.2) is 34.9 Å². The second-order valence-corrected chi connectivity index (χ2v) is 7.32. The third-order valence-corrected chi connectivity index (χ3v) is 5.33. The van der Waals surface area contributed by atoms with Crippen LogP contribution in [0.4, 0.5) is 0 Å². The molecule has 27 heavy (non-hydrogen) atoms. The van der Waals surface area contributed by atoms with Crippen molar-refractivity contribution in [2.24, 2.45) is 0 Å². The third-order valence-electron chi connectivity index (χ3n) is 5.33. The molecule has 7 heteroatoms. The minimum absolute atomic E-state index is 0.0607. The lowest BCUT2D eigenvalue weighted by molar-refractivity contribution is -0.138. The van der Waals surface area contributed by atoms with Crippen molar-refractivity contribution >= 4 is 5.97 Å². The molecule has 0 saturated carbocycles. The summed E-state index contributed by atoms with van der Waals surface area (Å²) in [6, 6.07) is 10.5. The van der Waals surface area contributed by atoms with Gasteiger partial charge in [-0.15, -0.1) is 0 Å². The summed E-state index contributed by atoms with van der Waals surface area (Å²) >= 11 is 0. The van der Waals surface area contributed by atoms with Crippen LogP contribution >= 0.6 is 0 Å². The number of aromatic nitrogens is 2. The highest BCUT2D eigenvalue weighted by atomic mass is 16.5. The fraction of sp³-hybridized carbons (Fsp3) is 0.550. The molecule has 1 aliphatic rings. The molecule has 0 amide bonds. The SMILES string of the molecule is CC(c1nc(Cc2ccccc2)no1)N1CCCC(N(C)CC(=O)O)CC1. The number of likely N-dealkylation sites (N-methyl/N-ethyl adjacent to an activating group) is 1. The maximum absolute atomic E-state index is 10.9. The first-order chi connectivity index (χ1) is 13.0. The van der Waals surface area contributed by atoms with E-state index in [1.165, 1.54) is 0 Å². The highest BCUT2D eigenvalue weighted by molar-refractivity contribution is 5.69. The molecule has 1 fully saturated rings. The normalized spacial score (nSPS) is 19.7. The number of hydrogen-bond acceptors (Lipinski definition) is 6. The van der Waals surface area contributed by atoms with Crippen molar-refractivity contribution in [2.75, 3.05) is 26.7 Å². The van der Waals surface area contributed by atoms with Gasteiger partial charge in [-0.3, -0.25) is 14.6 Å². The summed E-state index contributed by atoms with van der Waals surface area (Å²) in [4.78, 5) is 19.8. The fourth-order valence-corrected chi connectivity index (χ4v) is 3.72. The second-order valence-electron chi connectivity index (χ2n) is 7.32. The van der Waals surface area contributed by atoms with Gasteiger partial charge in [0.25, 0.3) is 0 Å². The summed E-state index contributed by atoms with van der Waals surface area (Å²) in [7, 11) is 1.89. The summed E-state index contributed by atoms with van der Waals surface area (Å²) in [5.74, 6) is 0.582. The van der Waals surface area contributed by atoms with E-state index in [0.29, 0.717) is 24.2 Å². The van der Waals surface area contributed by atoms with Gasteiger partial charge in [-0.1, -0.05) is 35.5 Å². The number of benzene rings is 1. The Bertz CT molecular complexity index is 734. The van der Waals surface area contributed by atoms with E-state index < -0.39 is 5.97 Å². The van der Waals surface area contributed by atoms with Crippen LogP contribution in [0.5, 0.6) is 0 Å². The van der Waals surface area contributed by atoms with Gasteiger partial charge >= 0.3 is 5.97 Å². The van der Waals surface area contributed by atoms with Crippen molar-refractivity contribution in [1.82, 2.24) is 19.9 Å². The first kappa shape index (κ1) is 19.5. The van der Waals surface area contributed by atoms with Crippen LogP contribution in [0.1, 0.15) is 49.5 Å². The van der Waals surface area contributed by atoms with Crippen LogP contribution in [0.2, 0.25) is 0 Å². The number of rotatable bonds is 7. The molecule has 3 rings (SSSR count). The van der Waals surface area contributed by atoms with Gasteiger partial charge in [0.05, 0.1) is 12.6 Å². The van der Waals surface area contributed by atoms with Crippen LogP contribution in [0.25, 0.3) is 0 Å². The molecule has 2 aromatic rings. The Hall–Kier alpha value is -2.25. The Morgan fingerprint density at radius 3 is 2.85 bits per heavy atom. The standard InChI is InChI=1S/C20H28N4O3/c1-15(20-21-18(22-27-20)13-16-7-4-3-5-8-16)24-11-6-9-17(10-12-24)23(2)14-19(25)26/h3-5,7-8,15,17H,6,9-14H2,1-2H3,(H,25,26). The van der Waals surface area contributed by atoms with E-state index >= 15 is 0 Å². The van der Waals surface area contributed by atoms with Crippen LogP contribution in [0, 0.1) is 0 Å². The van der Waals surface area contributed by atoms with Crippen molar-refractivity contribution in [3.63, 3.8) is 0 Å². The van der Waals surface area contributed by atoms with Crippen molar-refractivity contribution in [1.29, 1.82) is 0 Å². The number of hydrogen-bond donors (Lipinski definition) is 1. The fourth-order valence-electron chi connectivity index (χ4n) is 3.72. The Kier molecular flexibility index (Phi) is 6.58. The number of carboxylic acid groups (broad SMARTS) is 1. The van der Waals surface area contributed by atoms with Gasteiger partial charge in [0.15, 0.2) is 5.82 Å². The van der Waals surface area contributed by atoms with Gasteiger partial charge < -0.3 is 9.63 Å². The van der Waals surface area contributed by atoms with E-state index in [-0.39, 0.29) is 12.6 Å². The summed E-state index contributed by atoms with van der Waals surface area (Å²) in [6.45, 7) is 4.04. The Morgan fingerprint density at radius 1 is 1.33 bits per heavy atom. The monoisotopic (exact) mass is 372 g/mol. The van der Waals surface area contributed by atoms with E-state index in [0.717, 1.165) is 37.9 Å². The van der Waals surface area contributed by atoms with Crippen molar-refractivity contribution in [3.8, 4) is 0 Å². The second kappa shape index (κ2) is 9.10. The van der Waals surface area contributed by atoms with E-state index in [2.05, 4.69) is 34.1 Å². The molecular formula is C20H28N4O3. The molecule has 1 saturated heterocycles. The van der Waals surface area contributed by atoms with E-state index in [4.69, 9.17) is 9.63 Å². The van der Waals surface area contributed by atoms with Crippen molar-refractivity contribution in [2.45, 2.75) is 44.7 Å². The zero-order valence-electron chi connectivity index (χ0n) is 16.0. The molecule has 0 spiro atoms. The van der Waals surface area contributed by atoms with E-state index in [1.807, 2.05) is 30.1 Å². The van der Waals surface area contributed by atoms with Crippen LogP contribution in [-0.4, -0.2) is 63.7 Å². The summed E-state index contributed by atoms with van der Waals surface area (Å²) in [6.07, 6.45) is 3.65. The first-order valence-corrected chi connectivity index (χ1v) is 9.55. The Morgan fingerprint density at radius 2 is 2.11 bits per heavy atom. The molecular weight excluding hydrogens is 344 g/mol. The van der Waals surface area contributed by atoms with Crippen LogP contribution in [0.3, 0.4) is 0 Å². The summed E-state index contributed by atoms with van der Waals surface area (Å²) < 4.78 is 5.53. The largest absolute Gasteiger partial charge is 0.480 e. The molecule has 0 radical (unpaired) electrons. The molecule has 1 aromatic heterocycles. The molecule has 1 N–H and O–H groups in total. The maximum Gasteiger partial charge on any atom is 0.317 e. The first-order valence-electron chi connectivity index (χ1n) is 9.55. The zero-order chi connectivity index (χ0) is 19.2. The van der Waals surface area contributed by atoms with Crippen LogP contribution < -0.4 is 0 Å². The highest BCUT2D eigenvalue weighted by Gasteiger charge is 2.27. The third kappa shape index (κ3) is 5.37. The molecule has 1 aromatic carbocycles. The summed E-state index contributed by atoms with van der Waals surface area (Å²) in [5.41, 5.74) is 1.16. The number of likely N-dealkylation sites (tertiary alicyclic amines) is 1. The van der Waals surface area contributed by atoms with Gasteiger partial charge in [-0.05, 0) is 45.3 Å². The molecule has 0 aliphatic carbocycles. The minimum atomic E-state index is -0.774. The van der Waals surface area contributed by atoms with Crippen LogP contribution in [-0.2, 0) is 11.2 Å². The number of aliphatic carboxylic acids is 1. The molecule has 2 unspecified atom stereocenters. The maximum atomic E-state index is 10.9. The minimum Gasteiger partial charge on any atom is -0.480 e. The highest BCUT2D eigenvalue weighted by Crippen LogP contribution is 2.24. The van der Waals surface area contributed by atoms with Gasteiger partial charge in [0, 0.05) is 19.0 Å². The molecule has 1 aliphatic heterocycles. The molecule has 2 atom stereocenters. The quantitative estimate of drug-likeness (QED) is 0.800. The topological polar surface area (TPSA) is 82.7 Å². The van der Waals surface area contributed by atoms with Gasteiger partial charge in [0.2, 0.25) is 5.89 Å². The molecule has 146 valence electrons. The lowest BCUT2D eigenvalue weighted by atomic mass is 10.1. The number of carboxylic acids is 1. The van der Waals surface area contributed by atoms with Gasteiger partial charge in [-0.2, -0.15) is 4.98 Å². The van der Waals surface area contributed by atoms with Crippen molar-refractivity contribution < 1.29 is 14.4 Å². The number of nitrogens with zero attached hydrogens (tertiary/aromatic N) is 4. The Labute approximate surface area is 160 Å². The average Bonchev–Trinajstić information content (AvgIpc) is 2.96. The molecule has 7 nitrogen and oxygen atoms in total. The average molecular weight is 372 g/mol. The Balaban J connectivity index is 1.58. The van der Waals surface area contributed by atoms with Gasteiger partial charge in [-0.25, -0.2) is 0 Å². The van der Waals surface area contributed by atoms with Gasteiger partial charge in [0.1, 0.15) is 0 Å². The lowest BCUT2D eigenvalue weighted by Gasteiger charge is -2.27. The predicted octanol–water partition coefficient (Wildman–Crippen LogP) is 2.59. The van der Waals surface area contributed by atoms with Crippen molar-refractivity contribution in [3.05, 3.63) is 47.6 Å². The predicted molar refractivity (Wildman–Crippen MR) is 101 cm³/mol. The zero-order valence-corrected chi connectivity index (χ0v) is 16.0. The van der Waals surface area contributed by atoms with E-state index in [1.54, 1.807) is 0 Å². The smallest absolute Gasteiger partial charge is 0.317 e.